The Labute approximate surface area is 149 Å². The number of piperidine rings is 1. The van der Waals surface area contributed by atoms with Crippen LogP contribution in [0.5, 0.6) is 11.5 Å². The molecule has 0 saturated carbocycles. The van der Waals surface area contributed by atoms with Gasteiger partial charge in [0.05, 0.1) is 0 Å². The van der Waals surface area contributed by atoms with Gasteiger partial charge in [0.1, 0.15) is 13.2 Å². The van der Waals surface area contributed by atoms with Crippen molar-refractivity contribution in [1.82, 2.24) is 4.90 Å². The van der Waals surface area contributed by atoms with E-state index in [1.54, 1.807) is 0 Å². The molecule has 1 fully saturated rings. The minimum absolute atomic E-state index is 0.310. The summed E-state index contributed by atoms with van der Waals surface area (Å²) in [5, 5.41) is 0. The molecule has 2 aliphatic rings. The largest absolute Gasteiger partial charge is 0.486 e. The van der Waals surface area contributed by atoms with Crippen LogP contribution in [-0.2, 0) is 13.0 Å². The molecule has 0 spiro atoms. The van der Waals surface area contributed by atoms with Crippen LogP contribution in [0.4, 0.5) is 0 Å². The van der Waals surface area contributed by atoms with Crippen LogP contribution in [0, 0.1) is 0 Å². The molecule has 25 heavy (non-hydrogen) atoms. The predicted octanol–water partition coefficient (Wildman–Crippen LogP) is 2.99. The van der Waals surface area contributed by atoms with E-state index in [2.05, 4.69) is 47.4 Å². The molecule has 2 aromatic carbocycles. The number of fused-ring (bicyclic) bond motifs is 1. The summed E-state index contributed by atoms with van der Waals surface area (Å²) in [5.41, 5.74) is 8.92. The van der Waals surface area contributed by atoms with E-state index in [0.717, 1.165) is 43.9 Å². The quantitative estimate of drug-likeness (QED) is 0.931. The van der Waals surface area contributed by atoms with Crippen molar-refractivity contribution < 1.29 is 9.47 Å². The predicted molar refractivity (Wildman–Crippen MR) is 99.0 cm³/mol. The van der Waals surface area contributed by atoms with Crippen molar-refractivity contribution >= 4 is 0 Å². The van der Waals surface area contributed by atoms with E-state index < -0.39 is 0 Å². The second kappa shape index (κ2) is 7.46. The van der Waals surface area contributed by atoms with Crippen LogP contribution >= 0.6 is 0 Å². The van der Waals surface area contributed by atoms with Crippen LogP contribution in [-0.4, -0.2) is 36.7 Å². The Morgan fingerprint density at radius 1 is 0.960 bits per heavy atom. The molecule has 2 aromatic rings. The van der Waals surface area contributed by atoms with Crippen molar-refractivity contribution in [3.63, 3.8) is 0 Å². The number of rotatable bonds is 4. The number of hydrogen-bond donors (Lipinski definition) is 1. The number of ether oxygens (including phenoxy) is 2. The summed E-state index contributed by atoms with van der Waals surface area (Å²) >= 11 is 0. The molecule has 2 N–H and O–H groups in total. The summed E-state index contributed by atoms with van der Waals surface area (Å²) in [7, 11) is 0. The van der Waals surface area contributed by atoms with Crippen molar-refractivity contribution in [2.45, 2.75) is 37.9 Å². The zero-order valence-corrected chi connectivity index (χ0v) is 14.6. The lowest BCUT2D eigenvalue weighted by atomic mass is 9.92. The maximum absolute atomic E-state index is 6.26. The van der Waals surface area contributed by atoms with Crippen LogP contribution in [0.25, 0.3) is 0 Å². The van der Waals surface area contributed by atoms with Crippen LogP contribution < -0.4 is 15.2 Å². The summed E-state index contributed by atoms with van der Waals surface area (Å²) in [6, 6.07) is 17.8. The average Bonchev–Trinajstić information content (AvgIpc) is 2.65. The molecule has 2 atom stereocenters. The molecule has 132 valence electrons. The highest BCUT2D eigenvalue weighted by molar-refractivity contribution is 5.43. The summed E-state index contributed by atoms with van der Waals surface area (Å²) in [6.45, 7) is 3.25. The molecule has 0 bridgehead atoms. The van der Waals surface area contributed by atoms with Gasteiger partial charge >= 0.3 is 0 Å². The summed E-state index contributed by atoms with van der Waals surface area (Å²) in [6.07, 6.45) is 3.17. The summed E-state index contributed by atoms with van der Waals surface area (Å²) < 4.78 is 11.4. The highest BCUT2D eigenvalue weighted by Gasteiger charge is 2.27. The molecule has 2 heterocycles. The van der Waals surface area contributed by atoms with Crippen molar-refractivity contribution in [2.24, 2.45) is 5.73 Å². The highest BCUT2D eigenvalue weighted by atomic mass is 16.6. The van der Waals surface area contributed by atoms with Gasteiger partial charge in [-0.25, -0.2) is 0 Å². The third-order valence-electron chi connectivity index (χ3n) is 5.18. The number of nitrogens with two attached hydrogens (primary N) is 1. The van der Waals surface area contributed by atoms with Gasteiger partial charge in [-0.1, -0.05) is 36.4 Å². The zero-order chi connectivity index (χ0) is 17.1. The van der Waals surface area contributed by atoms with E-state index in [4.69, 9.17) is 15.2 Å². The molecule has 0 aromatic heterocycles. The monoisotopic (exact) mass is 338 g/mol. The van der Waals surface area contributed by atoms with Gasteiger partial charge in [-0.15, -0.1) is 0 Å². The molecule has 4 nitrogen and oxygen atoms in total. The van der Waals surface area contributed by atoms with E-state index in [1.807, 2.05) is 6.07 Å². The van der Waals surface area contributed by atoms with Gasteiger partial charge in [0.25, 0.3) is 0 Å². The first-order valence-electron chi connectivity index (χ1n) is 9.20. The molecular formula is C21H26N2O2. The molecule has 0 amide bonds. The SMILES string of the molecule is NC1CCN(Cc2ccc3c(c2)OCCO3)C(Cc2ccccc2)C1. The minimum Gasteiger partial charge on any atom is -0.486 e. The van der Waals surface area contributed by atoms with E-state index >= 15 is 0 Å². The van der Waals surface area contributed by atoms with Gasteiger partial charge in [0, 0.05) is 25.2 Å². The van der Waals surface area contributed by atoms with Gasteiger partial charge in [-0.2, -0.15) is 0 Å². The number of benzene rings is 2. The third-order valence-corrected chi connectivity index (χ3v) is 5.18. The van der Waals surface area contributed by atoms with Gasteiger partial charge in [0.2, 0.25) is 0 Å². The Balaban J connectivity index is 1.49. The fourth-order valence-electron chi connectivity index (χ4n) is 3.86. The van der Waals surface area contributed by atoms with Crippen LogP contribution in [0.1, 0.15) is 24.0 Å². The number of likely N-dealkylation sites (tertiary alicyclic amines) is 1. The van der Waals surface area contributed by atoms with E-state index in [-0.39, 0.29) is 0 Å². The highest BCUT2D eigenvalue weighted by Crippen LogP contribution is 2.32. The maximum Gasteiger partial charge on any atom is 0.161 e. The Bertz CT molecular complexity index is 704. The minimum atomic E-state index is 0.310. The fourth-order valence-corrected chi connectivity index (χ4v) is 3.86. The molecule has 1 saturated heterocycles. The molecule has 2 aliphatic heterocycles. The Morgan fingerprint density at radius 3 is 2.60 bits per heavy atom. The summed E-state index contributed by atoms with van der Waals surface area (Å²) in [4.78, 5) is 2.57. The summed E-state index contributed by atoms with van der Waals surface area (Å²) in [5.74, 6) is 1.73. The maximum atomic E-state index is 6.26. The van der Waals surface area contributed by atoms with Gasteiger partial charge in [-0.05, 0) is 42.5 Å². The fraction of sp³-hybridized carbons (Fsp3) is 0.429. The first-order valence-corrected chi connectivity index (χ1v) is 9.20. The zero-order valence-electron chi connectivity index (χ0n) is 14.6. The lowest BCUT2D eigenvalue weighted by Gasteiger charge is -2.38. The Morgan fingerprint density at radius 2 is 1.76 bits per heavy atom. The molecule has 4 heteroatoms. The van der Waals surface area contributed by atoms with Crippen molar-refractivity contribution in [2.75, 3.05) is 19.8 Å². The van der Waals surface area contributed by atoms with E-state index in [9.17, 15) is 0 Å². The van der Waals surface area contributed by atoms with Gasteiger partial charge in [0.15, 0.2) is 11.5 Å². The van der Waals surface area contributed by atoms with Crippen LogP contribution in [0.2, 0.25) is 0 Å². The van der Waals surface area contributed by atoms with Crippen LogP contribution in [0.3, 0.4) is 0 Å². The molecule has 0 radical (unpaired) electrons. The van der Waals surface area contributed by atoms with Crippen molar-refractivity contribution in [1.29, 1.82) is 0 Å². The van der Waals surface area contributed by atoms with E-state index in [1.165, 1.54) is 11.1 Å². The molecule has 0 aliphatic carbocycles. The molecule has 2 unspecified atom stereocenters. The first kappa shape index (κ1) is 16.4. The Kier molecular flexibility index (Phi) is 4.90. The lowest BCUT2D eigenvalue weighted by molar-refractivity contribution is 0.126. The van der Waals surface area contributed by atoms with Gasteiger partial charge < -0.3 is 15.2 Å². The molecular weight excluding hydrogens is 312 g/mol. The lowest BCUT2D eigenvalue weighted by Crippen LogP contribution is -2.47. The Hall–Kier alpha value is -2.04. The molecule has 4 rings (SSSR count). The third kappa shape index (κ3) is 3.97. The van der Waals surface area contributed by atoms with Crippen LogP contribution in [0.15, 0.2) is 48.5 Å². The van der Waals surface area contributed by atoms with Crippen molar-refractivity contribution in [3.05, 3.63) is 59.7 Å². The smallest absolute Gasteiger partial charge is 0.161 e. The van der Waals surface area contributed by atoms with Gasteiger partial charge in [-0.3, -0.25) is 4.90 Å². The topological polar surface area (TPSA) is 47.7 Å². The number of nitrogens with zero attached hydrogens (tertiary/aromatic N) is 1. The normalized spacial score (nSPS) is 23.4. The average molecular weight is 338 g/mol. The second-order valence-electron chi connectivity index (χ2n) is 7.08. The second-order valence-corrected chi connectivity index (χ2v) is 7.08. The van der Waals surface area contributed by atoms with Crippen molar-refractivity contribution in [3.8, 4) is 11.5 Å². The standard InChI is InChI=1S/C21H26N2O2/c22-18-8-9-23(19(14-18)12-16-4-2-1-3-5-16)15-17-6-7-20-21(13-17)25-11-10-24-20/h1-7,13,18-19H,8-12,14-15,22H2. The van der Waals surface area contributed by atoms with E-state index in [0.29, 0.717) is 25.3 Å². The first-order chi connectivity index (χ1) is 12.3. The number of hydrogen-bond acceptors (Lipinski definition) is 4.